The zero-order chi connectivity index (χ0) is 14.9. The lowest BCUT2D eigenvalue weighted by molar-refractivity contribution is -0.154. The maximum atomic E-state index is 12.1. The van der Waals surface area contributed by atoms with Gasteiger partial charge in [-0.05, 0) is 25.0 Å². The first-order valence-electron chi connectivity index (χ1n) is 7.11. The third kappa shape index (κ3) is 2.53. The Morgan fingerprint density at radius 1 is 1.38 bits per heavy atom. The van der Waals surface area contributed by atoms with Crippen LogP contribution in [0.3, 0.4) is 0 Å². The lowest BCUT2D eigenvalue weighted by atomic mass is 9.69. The molecule has 1 fully saturated rings. The van der Waals surface area contributed by atoms with Gasteiger partial charge in [0, 0.05) is 6.54 Å². The van der Waals surface area contributed by atoms with E-state index in [1.807, 2.05) is 18.2 Å². The molecule has 0 spiro atoms. The molecule has 1 atom stereocenters. The number of carboxylic acid groups (broad SMARTS) is 1. The number of aliphatic carboxylic acids is 1. The Hall–Kier alpha value is -2.24. The first-order chi connectivity index (χ1) is 10.1. The van der Waals surface area contributed by atoms with Crippen LogP contribution in [-0.2, 0) is 9.59 Å². The highest BCUT2D eigenvalue weighted by molar-refractivity contribution is 5.84. The second kappa shape index (κ2) is 5.27. The van der Waals surface area contributed by atoms with Crippen LogP contribution >= 0.6 is 0 Å². The van der Waals surface area contributed by atoms with Crippen molar-refractivity contribution in [2.24, 2.45) is 5.41 Å². The Bertz CT molecular complexity index is 569. The van der Waals surface area contributed by atoms with Gasteiger partial charge in [0.1, 0.15) is 5.75 Å². The molecule has 3 rings (SSSR count). The van der Waals surface area contributed by atoms with Crippen LogP contribution in [0.1, 0.15) is 19.3 Å². The van der Waals surface area contributed by atoms with Crippen LogP contribution in [0.4, 0.5) is 5.69 Å². The van der Waals surface area contributed by atoms with Gasteiger partial charge in [-0.25, -0.2) is 0 Å². The van der Waals surface area contributed by atoms with E-state index in [2.05, 4.69) is 10.6 Å². The molecule has 1 heterocycles. The molecule has 0 saturated heterocycles. The van der Waals surface area contributed by atoms with Gasteiger partial charge in [0.15, 0.2) is 6.10 Å². The van der Waals surface area contributed by atoms with Crippen molar-refractivity contribution in [3.63, 3.8) is 0 Å². The lowest BCUT2D eigenvalue weighted by Gasteiger charge is -2.38. The van der Waals surface area contributed by atoms with Gasteiger partial charge >= 0.3 is 5.97 Å². The summed E-state index contributed by atoms with van der Waals surface area (Å²) in [7, 11) is 0. The number of fused-ring (bicyclic) bond motifs is 1. The molecule has 3 N–H and O–H groups in total. The van der Waals surface area contributed by atoms with Gasteiger partial charge in [0.25, 0.3) is 5.91 Å². The van der Waals surface area contributed by atoms with E-state index in [0.29, 0.717) is 25.1 Å². The Labute approximate surface area is 122 Å². The Kier molecular flexibility index (Phi) is 3.45. The average molecular weight is 290 g/mol. The van der Waals surface area contributed by atoms with Crippen molar-refractivity contribution in [3.05, 3.63) is 24.3 Å². The van der Waals surface area contributed by atoms with E-state index < -0.39 is 17.5 Å². The van der Waals surface area contributed by atoms with Crippen LogP contribution in [-0.4, -0.2) is 36.2 Å². The minimum Gasteiger partial charge on any atom is -0.481 e. The molecule has 1 aromatic rings. The van der Waals surface area contributed by atoms with Gasteiger partial charge < -0.3 is 20.5 Å². The molecule has 112 valence electrons. The summed E-state index contributed by atoms with van der Waals surface area (Å²) in [5.74, 6) is -0.466. The van der Waals surface area contributed by atoms with Crippen molar-refractivity contribution in [1.29, 1.82) is 0 Å². The number of para-hydroxylation sites is 2. The quantitative estimate of drug-likeness (QED) is 0.776. The normalized spacial score (nSPS) is 22.0. The predicted octanol–water partition coefficient (Wildman–Crippen LogP) is 1.23. The molecule has 21 heavy (non-hydrogen) atoms. The minimum atomic E-state index is -0.831. The van der Waals surface area contributed by atoms with Crippen LogP contribution in [0.5, 0.6) is 5.75 Å². The number of anilines is 1. The summed E-state index contributed by atoms with van der Waals surface area (Å²) in [5, 5.41) is 15.1. The summed E-state index contributed by atoms with van der Waals surface area (Å²) >= 11 is 0. The van der Waals surface area contributed by atoms with Gasteiger partial charge in [-0.2, -0.15) is 0 Å². The summed E-state index contributed by atoms with van der Waals surface area (Å²) in [6.07, 6.45) is 1.51. The van der Waals surface area contributed by atoms with Crippen LogP contribution in [0.2, 0.25) is 0 Å². The summed E-state index contributed by atoms with van der Waals surface area (Å²) in [6, 6.07) is 7.42. The van der Waals surface area contributed by atoms with Crippen LogP contribution in [0, 0.1) is 5.41 Å². The first kappa shape index (κ1) is 13.7. The highest BCUT2D eigenvalue weighted by atomic mass is 16.5. The van der Waals surface area contributed by atoms with Crippen LogP contribution in [0.25, 0.3) is 0 Å². The highest BCUT2D eigenvalue weighted by Crippen LogP contribution is 2.40. The van der Waals surface area contributed by atoms with Crippen molar-refractivity contribution >= 4 is 17.6 Å². The maximum absolute atomic E-state index is 12.1. The molecule has 1 unspecified atom stereocenters. The number of amides is 1. The maximum Gasteiger partial charge on any atom is 0.311 e. The highest BCUT2D eigenvalue weighted by Gasteiger charge is 2.44. The molecule has 1 aromatic carbocycles. The molecule has 2 aliphatic rings. The Morgan fingerprint density at radius 2 is 2.14 bits per heavy atom. The van der Waals surface area contributed by atoms with E-state index in [1.54, 1.807) is 6.07 Å². The number of hydrogen-bond acceptors (Lipinski definition) is 4. The average Bonchev–Trinajstić information content (AvgIpc) is 2.45. The summed E-state index contributed by atoms with van der Waals surface area (Å²) in [6.45, 7) is 0.547. The zero-order valence-electron chi connectivity index (χ0n) is 11.6. The molecule has 1 saturated carbocycles. The van der Waals surface area contributed by atoms with Crippen molar-refractivity contribution < 1.29 is 19.4 Å². The molecule has 0 aromatic heterocycles. The number of carbonyl (C=O) groups is 2. The molecule has 1 aliphatic heterocycles. The van der Waals surface area contributed by atoms with E-state index in [9.17, 15) is 14.7 Å². The summed E-state index contributed by atoms with van der Waals surface area (Å²) in [5.41, 5.74) is 0.0814. The third-order valence-corrected chi connectivity index (χ3v) is 4.29. The molecule has 1 amide bonds. The molecule has 0 radical (unpaired) electrons. The van der Waals surface area contributed by atoms with Gasteiger partial charge in [0.05, 0.1) is 17.6 Å². The van der Waals surface area contributed by atoms with E-state index in [1.165, 1.54) is 0 Å². The Morgan fingerprint density at radius 3 is 2.81 bits per heavy atom. The molecule has 1 aliphatic carbocycles. The van der Waals surface area contributed by atoms with E-state index >= 15 is 0 Å². The number of hydrogen-bond donors (Lipinski definition) is 3. The minimum absolute atomic E-state index is 0.169. The number of rotatable bonds is 4. The molecular weight excluding hydrogens is 272 g/mol. The zero-order valence-corrected chi connectivity index (χ0v) is 11.6. The number of nitrogens with one attached hydrogen (secondary N) is 2. The molecule has 0 bridgehead atoms. The fraction of sp³-hybridized carbons (Fsp3) is 0.467. The smallest absolute Gasteiger partial charge is 0.311 e. The number of carboxylic acids is 1. The molecule has 6 nitrogen and oxygen atoms in total. The summed E-state index contributed by atoms with van der Waals surface area (Å²) < 4.78 is 5.65. The van der Waals surface area contributed by atoms with Crippen molar-refractivity contribution in [3.8, 4) is 5.75 Å². The van der Waals surface area contributed by atoms with Crippen LogP contribution in [0.15, 0.2) is 24.3 Å². The fourth-order valence-corrected chi connectivity index (χ4v) is 2.70. The molecular formula is C15H18N2O4. The van der Waals surface area contributed by atoms with E-state index in [-0.39, 0.29) is 12.5 Å². The Balaban J connectivity index is 1.59. The van der Waals surface area contributed by atoms with Crippen molar-refractivity contribution in [1.82, 2.24) is 5.32 Å². The van der Waals surface area contributed by atoms with Gasteiger partial charge in [-0.1, -0.05) is 18.6 Å². The second-order valence-corrected chi connectivity index (χ2v) is 5.64. The van der Waals surface area contributed by atoms with E-state index in [0.717, 1.165) is 12.1 Å². The number of benzene rings is 1. The van der Waals surface area contributed by atoms with Gasteiger partial charge in [-0.15, -0.1) is 0 Å². The molecule has 6 heteroatoms. The van der Waals surface area contributed by atoms with E-state index in [4.69, 9.17) is 4.74 Å². The second-order valence-electron chi connectivity index (χ2n) is 5.64. The standard InChI is InChI=1S/C15H18N2O4/c18-13(17-9-15(14(19)20)6-3-7-15)12-8-16-10-4-1-2-5-11(10)21-12/h1-2,4-5,12,16H,3,6-9H2,(H,17,18)(H,19,20). The monoisotopic (exact) mass is 290 g/mol. The SMILES string of the molecule is O=C(NCC1(C(=O)O)CCC1)C1CNc2ccccc2O1. The van der Waals surface area contributed by atoms with Crippen LogP contribution < -0.4 is 15.4 Å². The number of carbonyl (C=O) groups excluding carboxylic acids is 1. The van der Waals surface area contributed by atoms with Gasteiger partial charge in [0.2, 0.25) is 0 Å². The van der Waals surface area contributed by atoms with Crippen molar-refractivity contribution in [2.45, 2.75) is 25.4 Å². The predicted molar refractivity (Wildman–Crippen MR) is 76.3 cm³/mol. The fourth-order valence-electron chi connectivity index (χ4n) is 2.70. The lowest BCUT2D eigenvalue weighted by Crippen LogP contribution is -2.52. The van der Waals surface area contributed by atoms with Crippen molar-refractivity contribution in [2.75, 3.05) is 18.4 Å². The topological polar surface area (TPSA) is 87.7 Å². The summed E-state index contributed by atoms with van der Waals surface area (Å²) in [4.78, 5) is 23.4. The van der Waals surface area contributed by atoms with Gasteiger partial charge in [-0.3, -0.25) is 9.59 Å². The third-order valence-electron chi connectivity index (χ3n) is 4.29. The number of ether oxygens (including phenoxy) is 1. The largest absolute Gasteiger partial charge is 0.481 e. The first-order valence-corrected chi connectivity index (χ1v) is 7.11.